The fourth-order valence-corrected chi connectivity index (χ4v) is 3.57. The van der Waals surface area contributed by atoms with Crippen LogP contribution in [0, 0.1) is 13.8 Å². The van der Waals surface area contributed by atoms with E-state index in [1.165, 1.54) is 16.7 Å². The third-order valence-corrected chi connectivity index (χ3v) is 5.32. The molecule has 0 aliphatic heterocycles. The summed E-state index contributed by atoms with van der Waals surface area (Å²) in [7, 11) is 0. The maximum atomic E-state index is 12.8. The predicted octanol–water partition coefficient (Wildman–Crippen LogP) is 5.66. The van der Waals surface area contributed by atoms with Crippen molar-refractivity contribution in [3.05, 3.63) is 101 Å². The molecule has 0 unspecified atom stereocenters. The third-order valence-electron chi connectivity index (χ3n) is 5.32. The van der Waals surface area contributed by atoms with Crippen LogP contribution in [-0.4, -0.2) is 4.57 Å². The van der Waals surface area contributed by atoms with Gasteiger partial charge in [-0.1, -0.05) is 42.5 Å². The van der Waals surface area contributed by atoms with E-state index >= 15 is 0 Å². The lowest BCUT2D eigenvalue weighted by Gasteiger charge is -2.07. The van der Waals surface area contributed by atoms with Crippen molar-refractivity contribution in [2.75, 3.05) is 0 Å². The summed E-state index contributed by atoms with van der Waals surface area (Å²) < 4.78 is 42.8. The molecule has 0 aliphatic carbocycles. The SMILES string of the molecule is Cc1cc2c(cc1C)[n+](Cc1ccccc1)cn2Cc1ccc(C(F)(F)F)cc1. The number of imidazole rings is 1. The summed E-state index contributed by atoms with van der Waals surface area (Å²) >= 11 is 0. The first-order valence-corrected chi connectivity index (χ1v) is 9.51. The summed E-state index contributed by atoms with van der Waals surface area (Å²) in [4.78, 5) is 0. The van der Waals surface area contributed by atoms with E-state index < -0.39 is 11.7 Å². The van der Waals surface area contributed by atoms with Crippen LogP contribution in [0.2, 0.25) is 0 Å². The number of fused-ring (bicyclic) bond motifs is 1. The molecular weight excluding hydrogens is 373 g/mol. The van der Waals surface area contributed by atoms with Crippen molar-refractivity contribution in [2.24, 2.45) is 0 Å². The van der Waals surface area contributed by atoms with Gasteiger partial charge in [-0.3, -0.25) is 0 Å². The van der Waals surface area contributed by atoms with Gasteiger partial charge in [0.15, 0.2) is 11.0 Å². The Hall–Kier alpha value is -3.08. The van der Waals surface area contributed by atoms with Gasteiger partial charge in [-0.2, -0.15) is 13.2 Å². The quantitative estimate of drug-likeness (QED) is 0.394. The average molecular weight is 395 g/mol. The van der Waals surface area contributed by atoms with Gasteiger partial charge in [0.1, 0.15) is 13.1 Å². The van der Waals surface area contributed by atoms with Gasteiger partial charge in [0.05, 0.1) is 5.56 Å². The molecule has 0 saturated carbocycles. The molecule has 0 saturated heterocycles. The molecule has 0 atom stereocenters. The Morgan fingerprint density at radius 3 is 2.14 bits per heavy atom. The Bertz CT molecular complexity index is 1140. The summed E-state index contributed by atoms with van der Waals surface area (Å²) in [6.45, 7) is 5.42. The topological polar surface area (TPSA) is 8.81 Å². The number of rotatable bonds is 4. The number of hydrogen-bond donors (Lipinski definition) is 0. The Morgan fingerprint density at radius 2 is 1.48 bits per heavy atom. The monoisotopic (exact) mass is 395 g/mol. The Kier molecular flexibility index (Phi) is 4.91. The summed E-state index contributed by atoms with van der Waals surface area (Å²) in [6, 6.07) is 19.9. The van der Waals surface area contributed by atoms with Crippen molar-refractivity contribution in [3.8, 4) is 0 Å². The molecule has 148 valence electrons. The normalized spacial score (nSPS) is 11.9. The van der Waals surface area contributed by atoms with Gasteiger partial charge >= 0.3 is 6.18 Å². The lowest BCUT2D eigenvalue weighted by atomic mass is 10.1. The zero-order valence-electron chi connectivity index (χ0n) is 16.4. The highest BCUT2D eigenvalue weighted by molar-refractivity contribution is 5.74. The summed E-state index contributed by atoms with van der Waals surface area (Å²) in [6.07, 6.45) is -2.26. The fourth-order valence-electron chi connectivity index (χ4n) is 3.57. The van der Waals surface area contributed by atoms with E-state index in [1.807, 2.05) is 24.5 Å². The van der Waals surface area contributed by atoms with E-state index in [2.05, 4.69) is 47.2 Å². The van der Waals surface area contributed by atoms with E-state index in [9.17, 15) is 13.2 Å². The van der Waals surface area contributed by atoms with Gasteiger partial charge in [-0.15, -0.1) is 0 Å². The van der Waals surface area contributed by atoms with Crippen molar-refractivity contribution in [1.82, 2.24) is 4.57 Å². The summed E-state index contributed by atoms with van der Waals surface area (Å²) in [5.74, 6) is 0. The Balaban J connectivity index is 1.73. The van der Waals surface area contributed by atoms with Crippen LogP contribution in [0.3, 0.4) is 0 Å². The van der Waals surface area contributed by atoms with Crippen LogP contribution >= 0.6 is 0 Å². The molecule has 1 heterocycles. The summed E-state index contributed by atoms with van der Waals surface area (Å²) in [5, 5.41) is 0. The maximum Gasteiger partial charge on any atom is 0.416 e. The van der Waals surface area contributed by atoms with Crippen LogP contribution in [0.4, 0.5) is 13.2 Å². The molecule has 5 heteroatoms. The molecule has 29 heavy (non-hydrogen) atoms. The Labute approximate surface area is 167 Å². The van der Waals surface area contributed by atoms with Crippen LogP contribution in [0.1, 0.15) is 27.8 Å². The highest BCUT2D eigenvalue weighted by Crippen LogP contribution is 2.29. The number of alkyl halides is 3. The molecule has 0 radical (unpaired) electrons. The second-order valence-corrected chi connectivity index (χ2v) is 7.48. The van der Waals surface area contributed by atoms with Gasteiger partial charge in [0.25, 0.3) is 0 Å². The Morgan fingerprint density at radius 1 is 0.828 bits per heavy atom. The van der Waals surface area contributed by atoms with Crippen LogP contribution in [0.15, 0.2) is 73.1 Å². The van der Waals surface area contributed by atoms with Crippen molar-refractivity contribution < 1.29 is 17.7 Å². The first kappa shape index (κ1) is 19.2. The standard InChI is InChI=1S/C24H22F3N2/c1-17-12-22-23(13-18(17)2)29(16-28(22)14-19-6-4-3-5-7-19)15-20-8-10-21(11-9-20)24(25,26)27/h3-13,16H,14-15H2,1-2H3/q+1. The van der Waals surface area contributed by atoms with E-state index in [0.29, 0.717) is 6.54 Å². The van der Waals surface area contributed by atoms with Crippen molar-refractivity contribution >= 4 is 11.0 Å². The smallest absolute Gasteiger partial charge is 0.226 e. The fraction of sp³-hybridized carbons (Fsp3) is 0.208. The number of benzene rings is 3. The van der Waals surface area contributed by atoms with E-state index in [4.69, 9.17) is 0 Å². The average Bonchev–Trinajstić information content (AvgIpc) is 2.99. The first-order chi connectivity index (χ1) is 13.8. The van der Waals surface area contributed by atoms with E-state index in [1.54, 1.807) is 12.1 Å². The minimum atomic E-state index is -4.31. The lowest BCUT2D eigenvalue weighted by Crippen LogP contribution is -2.32. The van der Waals surface area contributed by atoms with Gasteiger partial charge in [-0.25, -0.2) is 9.13 Å². The summed E-state index contributed by atoms with van der Waals surface area (Å²) in [5.41, 5.74) is 6.00. The predicted molar refractivity (Wildman–Crippen MR) is 108 cm³/mol. The molecule has 0 fully saturated rings. The van der Waals surface area contributed by atoms with Crippen LogP contribution in [-0.2, 0) is 19.3 Å². The number of hydrogen-bond acceptors (Lipinski definition) is 0. The maximum absolute atomic E-state index is 12.8. The molecule has 3 aromatic carbocycles. The minimum Gasteiger partial charge on any atom is -0.226 e. The molecule has 4 rings (SSSR count). The molecule has 0 bridgehead atoms. The van der Waals surface area contributed by atoms with Crippen LogP contribution in [0.5, 0.6) is 0 Å². The molecule has 0 spiro atoms. The van der Waals surface area contributed by atoms with Crippen molar-refractivity contribution in [1.29, 1.82) is 0 Å². The molecule has 0 N–H and O–H groups in total. The van der Waals surface area contributed by atoms with Crippen LogP contribution < -0.4 is 4.57 Å². The number of aryl methyl sites for hydroxylation is 2. The van der Waals surface area contributed by atoms with Crippen molar-refractivity contribution in [3.63, 3.8) is 0 Å². The highest BCUT2D eigenvalue weighted by Gasteiger charge is 2.30. The van der Waals surface area contributed by atoms with Crippen LogP contribution in [0.25, 0.3) is 11.0 Å². The zero-order chi connectivity index (χ0) is 20.6. The minimum absolute atomic E-state index is 0.513. The number of nitrogens with zero attached hydrogens (tertiary/aromatic N) is 2. The van der Waals surface area contributed by atoms with E-state index in [0.717, 1.165) is 35.3 Å². The van der Waals surface area contributed by atoms with E-state index in [-0.39, 0.29) is 0 Å². The van der Waals surface area contributed by atoms with Gasteiger partial charge in [0.2, 0.25) is 6.33 Å². The van der Waals surface area contributed by atoms with Gasteiger partial charge in [0, 0.05) is 0 Å². The highest BCUT2D eigenvalue weighted by atomic mass is 19.4. The number of aromatic nitrogens is 2. The molecule has 1 aromatic heterocycles. The van der Waals surface area contributed by atoms with Gasteiger partial charge in [-0.05, 0) is 60.4 Å². The molecule has 4 aromatic rings. The first-order valence-electron chi connectivity index (χ1n) is 9.51. The number of halogens is 3. The molecule has 0 amide bonds. The molecule has 2 nitrogen and oxygen atoms in total. The lowest BCUT2D eigenvalue weighted by molar-refractivity contribution is -0.663. The second-order valence-electron chi connectivity index (χ2n) is 7.48. The largest absolute Gasteiger partial charge is 0.416 e. The zero-order valence-corrected chi connectivity index (χ0v) is 16.4. The van der Waals surface area contributed by atoms with Crippen molar-refractivity contribution in [2.45, 2.75) is 33.1 Å². The molecule has 0 aliphatic rings. The van der Waals surface area contributed by atoms with Gasteiger partial charge < -0.3 is 0 Å². The molecular formula is C24H22F3N2+. The second kappa shape index (κ2) is 7.39. The third kappa shape index (κ3) is 4.04.